The number of alkyl halides is 3. The number of amides is 1. The van der Waals surface area contributed by atoms with Crippen molar-refractivity contribution < 1.29 is 27.5 Å². The number of ether oxygens (including phenoxy) is 1. The zero-order valence-electron chi connectivity index (χ0n) is 10.1. The Labute approximate surface area is 107 Å². The molecule has 1 aromatic carbocycles. The summed E-state index contributed by atoms with van der Waals surface area (Å²) in [4.78, 5) is 22.1. The van der Waals surface area contributed by atoms with Crippen molar-refractivity contribution >= 4 is 17.6 Å². The van der Waals surface area contributed by atoms with Crippen LogP contribution in [0.2, 0.25) is 0 Å². The Morgan fingerprint density at radius 2 is 1.79 bits per heavy atom. The SMILES string of the molecule is CCCOC(=O)c1ccc(NC(=O)C(F)(F)F)cc1. The smallest absolute Gasteiger partial charge is 0.462 e. The Bertz CT molecular complexity index is 454. The molecule has 0 atom stereocenters. The molecule has 0 bridgehead atoms. The van der Waals surface area contributed by atoms with Crippen LogP contribution in [0.3, 0.4) is 0 Å². The molecule has 1 rings (SSSR count). The second-order valence-corrected chi connectivity index (χ2v) is 3.67. The van der Waals surface area contributed by atoms with Crippen molar-refractivity contribution in [1.82, 2.24) is 0 Å². The van der Waals surface area contributed by atoms with Gasteiger partial charge in [0.2, 0.25) is 0 Å². The predicted octanol–water partition coefficient (Wildman–Crippen LogP) is 2.75. The molecule has 1 N–H and O–H groups in total. The molecular formula is C12H12F3NO3. The van der Waals surface area contributed by atoms with Crippen LogP contribution in [0.5, 0.6) is 0 Å². The summed E-state index contributed by atoms with van der Waals surface area (Å²) in [6.45, 7) is 2.11. The molecule has 0 saturated carbocycles. The van der Waals surface area contributed by atoms with Gasteiger partial charge in [-0.1, -0.05) is 6.92 Å². The van der Waals surface area contributed by atoms with Crippen LogP contribution in [0.15, 0.2) is 24.3 Å². The maximum atomic E-state index is 12.0. The average molecular weight is 275 g/mol. The van der Waals surface area contributed by atoms with Gasteiger partial charge in [-0.2, -0.15) is 13.2 Å². The van der Waals surface area contributed by atoms with Crippen molar-refractivity contribution in [2.24, 2.45) is 0 Å². The lowest BCUT2D eigenvalue weighted by molar-refractivity contribution is -0.167. The number of rotatable bonds is 4. The number of esters is 1. The Kier molecular flexibility index (Phi) is 4.91. The minimum absolute atomic E-state index is 0.0469. The third-order valence-corrected chi connectivity index (χ3v) is 2.07. The number of hydrogen-bond acceptors (Lipinski definition) is 3. The van der Waals surface area contributed by atoms with Gasteiger partial charge in [0.25, 0.3) is 0 Å². The summed E-state index contributed by atoms with van der Waals surface area (Å²) in [5, 5.41) is 1.68. The number of carbonyl (C=O) groups is 2. The lowest BCUT2D eigenvalue weighted by Gasteiger charge is -2.08. The number of carbonyl (C=O) groups excluding carboxylic acids is 2. The highest BCUT2D eigenvalue weighted by atomic mass is 19.4. The fourth-order valence-corrected chi connectivity index (χ4v) is 1.17. The molecule has 0 spiro atoms. The molecule has 19 heavy (non-hydrogen) atoms. The van der Waals surface area contributed by atoms with Crippen LogP contribution >= 0.6 is 0 Å². The number of halogens is 3. The van der Waals surface area contributed by atoms with Crippen LogP contribution in [0.25, 0.3) is 0 Å². The highest BCUT2D eigenvalue weighted by Gasteiger charge is 2.38. The average Bonchev–Trinajstić information content (AvgIpc) is 2.35. The number of anilines is 1. The molecule has 0 aliphatic carbocycles. The quantitative estimate of drug-likeness (QED) is 0.860. The van der Waals surface area contributed by atoms with E-state index in [1.165, 1.54) is 24.3 Å². The summed E-state index contributed by atoms with van der Waals surface area (Å²) in [7, 11) is 0. The number of benzene rings is 1. The molecule has 0 aliphatic heterocycles. The first-order valence-electron chi connectivity index (χ1n) is 5.50. The molecule has 0 unspecified atom stereocenters. The molecule has 0 heterocycles. The van der Waals surface area contributed by atoms with Crippen LogP contribution in [0.4, 0.5) is 18.9 Å². The van der Waals surface area contributed by atoms with Crippen LogP contribution < -0.4 is 5.32 Å². The lowest BCUT2D eigenvalue weighted by Crippen LogP contribution is -2.29. The Hall–Kier alpha value is -2.05. The van der Waals surface area contributed by atoms with Gasteiger partial charge in [0.05, 0.1) is 12.2 Å². The van der Waals surface area contributed by atoms with Gasteiger partial charge in [-0.15, -0.1) is 0 Å². The van der Waals surface area contributed by atoms with Gasteiger partial charge in [-0.05, 0) is 30.7 Å². The normalized spacial score (nSPS) is 10.9. The largest absolute Gasteiger partial charge is 0.471 e. The molecule has 1 aromatic rings. The van der Waals surface area contributed by atoms with Crippen LogP contribution in [-0.4, -0.2) is 24.7 Å². The highest BCUT2D eigenvalue weighted by Crippen LogP contribution is 2.18. The van der Waals surface area contributed by atoms with E-state index in [9.17, 15) is 22.8 Å². The van der Waals surface area contributed by atoms with Gasteiger partial charge in [0, 0.05) is 5.69 Å². The third-order valence-electron chi connectivity index (χ3n) is 2.07. The Morgan fingerprint density at radius 1 is 1.21 bits per heavy atom. The Morgan fingerprint density at radius 3 is 2.26 bits per heavy atom. The standard InChI is InChI=1S/C12H12F3NO3/c1-2-7-19-10(17)8-3-5-9(6-4-8)16-11(18)12(13,14)15/h3-6H,2,7H2,1H3,(H,16,18). The zero-order valence-corrected chi connectivity index (χ0v) is 10.1. The van der Waals surface area contributed by atoms with Gasteiger partial charge in [-0.3, -0.25) is 4.79 Å². The van der Waals surface area contributed by atoms with E-state index >= 15 is 0 Å². The predicted molar refractivity (Wildman–Crippen MR) is 61.7 cm³/mol. The van der Waals surface area contributed by atoms with Gasteiger partial charge in [0.1, 0.15) is 0 Å². The first kappa shape index (κ1) is 15.0. The number of nitrogens with one attached hydrogen (secondary N) is 1. The van der Waals surface area contributed by atoms with E-state index in [-0.39, 0.29) is 17.9 Å². The summed E-state index contributed by atoms with van der Waals surface area (Å²) in [5.74, 6) is -2.62. The van der Waals surface area contributed by atoms with Crippen molar-refractivity contribution in [1.29, 1.82) is 0 Å². The van der Waals surface area contributed by atoms with E-state index in [2.05, 4.69) is 0 Å². The fraction of sp³-hybridized carbons (Fsp3) is 0.333. The second-order valence-electron chi connectivity index (χ2n) is 3.67. The summed E-state index contributed by atoms with van der Waals surface area (Å²) in [6.07, 6.45) is -4.27. The van der Waals surface area contributed by atoms with Crippen molar-refractivity contribution in [2.75, 3.05) is 11.9 Å². The van der Waals surface area contributed by atoms with Crippen LogP contribution in [0, 0.1) is 0 Å². The summed E-state index contributed by atoms with van der Waals surface area (Å²) in [6, 6.07) is 4.96. The van der Waals surface area contributed by atoms with Crippen molar-refractivity contribution in [3.05, 3.63) is 29.8 Å². The molecule has 0 aromatic heterocycles. The van der Waals surface area contributed by atoms with Crippen molar-refractivity contribution in [3.8, 4) is 0 Å². The Balaban J connectivity index is 2.67. The second kappa shape index (κ2) is 6.21. The maximum absolute atomic E-state index is 12.0. The molecule has 1 amide bonds. The van der Waals surface area contributed by atoms with Gasteiger partial charge >= 0.3 is 18.1 Å². The van der Waals surface area contributed by atoms with Crippen molar-refractivity contribution in [3.63, 3.8) is 0 Å². The van der Waals surface area contributed by atoms with Crippen LogP contribution in [0.1, 0.15) is 23.7 Å². The van der Waals surface area contributed by atoms with E-state index < -0.39 is 18.1 Å². The lowest BCUT2D eigenvalue weighted by atomic mass is 10.2. The fourth-order valence-electron chi connectivity index (χ4n) is 1.17. The highest BCUT2D eigenvalue weighted by molar-refractivity contribution is 5.95. The monoisotopic (exact) mass is 275 g/mol. The molecule has 0 aliphatic rings. The first-order valence-corrected chi connectivity index (χ1v) is 5.50. The third kappa shape index (κ3) is 4.61. The van der Waals surface area contributed by atoms with E-state index in [0.29, 0.717) is 6.42 Å². The van der Waals surface area contributed by atoms with E-state index in [0.717, 1.165) is 0 Å². The molecule has 7 heteroatoms. The molecule has 104 valence electrons. The molecule has 0 saturated heterocycles. The molecule has 4 nitrogen and oxygen atoms in total. The van der Waals surface area contributed by atoms with Gasteiger partial charge in [0.15, 0.2) is 0 Å². The topological polar surface area (TPSA) is 55.4 Å². The van der Waals surface area contributed by atoms with E-state index in [4.69, 9.17) is 4.74 Å². The summed E-state index contributed by atoms with van der Waals surface area (Å²) in [5.41, 5.74) is 0.160. The van der Waals surface area contributed by atoms with Gasteiger partial charge in [-0.25, -0.2) is 4.79 Å². The van der Waals surface area contributed by atoms with Gasteiger partial charge < -0.3 is 10.1 Å². The van der Waals surface area contributed by atoms with Crippen LogP contribution in [-0.2, 0) is 9.53 Å². The molecule has 0 fully saturated rings. The maximum Gasteiger partial charge on any atom is 0.471 e. The molecule has 0 radical (unpaired) electrons. The van der Waals surface area contributed by atoms with E-state index in [1.807, 2.05) is 6.92 Å². The first-order chi connectivity index (χ1) is 8.84. The molecular weight excluding hydrogens is 263 g/mol. The zero-order chi connectivity index (χ0) is 14.5. The van der Waals surface area contributed by atoms with E-state index in [1.54, 1.807) is 5.32 Å². The minimum atomic E-state index is -4.95. The minimum Gasteiger partial charge on any atom is -0.462 e. The van der Waals surface area contributed by atoms with Crippen molar-refractivity contribution in [2.45, 2.75) is 19.5 Å². The summed E-state index contributed by atoms with van der Waals surface area (Å²) >= 11 is 0. The number of hydrogen-bond donors (Lipinski definition) is 1. The summed E-state index contributed by atoms with van der Waals surface area (Å²) < 4.78 is 40.8.